The molecule has 1 saturated carbocycles. The van der Waals surface area contributed by atoms with E-state index in [9.17, 15) is 4.79 Å². The van der Waals surface area contributed by atoms with Crippen LogP contribution in [0.4, 0.5) is 11.8 Å². The number of carbonyl (C=O) groups is 1. The number of nitrogens with two attached hydrogens (primary N) is 1. The van der Waals surface area contributed by atoms with Crippen molar-refractivity contribution >= 4 is 33.6 Å². The van der Waals surface area contributed by atoms with Crippen molar-refractivity contribution < 1.29 is 9.53 Å². The van der Waals surface area contributed by atoms with E-state index in [1.54, 1.807) is 12.3 Å². The summed E-state index contributed by atoms with van der Waals surface area (Å²) >= 11 is 3.49. The number of hydrogen-bond acceptors (Lipinski definition) is 7. The van der Waals surface area contributed by atoms with Crippen LogP contribution in [0.15, 0.2) is 53.1 Å². The minimum absolute atomic E-state index is 0.255. The van der Waals surface area contributed by atoms with E-state index in [4.69, 9.17) is 10.5 Å². The number of benzene rings is 1. The molecule has 9 heteroatoms. The van der Waals surface area contributed by atoms with Crippen LogP contribution in [0, 0.1) is 0 Å². The number of primary amides is 1. The maximum absolute atomic E-state index is 11.9. The van der Waals surface area contributed by atoms with Crippen LogP contribution < -0.4 is 20.7 Å². The minimum atomic E-state index is -0.556. The molecule has 1 amide bonds. The van der Waals surface area contributed by atoms with Crippen LogP contribution in [0.2, 0.25) is 0 Å². The summed E-state index contributed by atoms with van der Waals surface area (Å²) in [5.41, 5.74) is 6.74. The third-order valence-electron chi connectivity index (χ3n) is 5.73. The maximum Gasteiger partial charge on any atom is 0.254 e. The molecule has 0 saturated heterocycles. The molecule has 2 heterocycles. The van der Waals surface area contributed by atoms with Gasteiger partial charge in [0.1, 0.15) is 17.1 Å². The zero-order chi connectivity index (χ0) is 23.4. The van der Waals surface area contributed by atoms with Crippen molar-refractivity contribution in [3.8, 4) is 11.6 Å². The zero-order valence-corrected chi connectivity index (χ0v) is 20.2. The molecule has 0 spiro atoms. The molecule has 1 aliphatic rings. The number of para-hydroxylation sites is 1. The summed E-state index contributed by atoms with van der Waals surface area (Å²) in [5.74, 6) is 2.07. The maximum atomic E-state index is 11.9. The second kappa shape index (κ2) is 10.2. The number of nitrogens with zero attached hydrogens (tertiary/aromatic N) is 4. The first-order chi connectivity index (χ1) is 15.9. The molecule has 3 aromatic rings. The van der Waals surface area contributed by atoms with Gasteiger partial charge < -0.3 is 20.7 Å². The second-order valence-corrected chi connectivity index (χ2v) is 9.17. The van der Waals surface area contributed by atoms with E-state index in [2.05, 4.69) is 36.2 Å². The number of nitrogens with one attached hydrogen (secondary N) is 1. The van der Waals surface area contributed by atoms with Crippen molar-refractivity contribution in [2.45, 2.75) is 37.6 Å². The van der Waals surface area contributed by atoms with E-state index >= 15 is 0 Å². The lowest BCUT2D eigenvalue weighted by molar-refractivity contribution is 0.0997. The number of pyridine rings is 1. The molecule has 172 valence electrons. The molecule has 0 unspecified atom stereocenters. The number of ether oxygens (including phenoxy) is 1. The molecular formula is C24H27BrN6O2. The molecule has 1 aliphatic carbocycles. The van der Waals surface area contributed by atoms with Crippen LogP contribution in [0.5, 0.6) is 11.6 Å². The predicted octanol–water partition coefficient (Wildman–Crippen LogP) is 4.73. The van der Waals surface area contributed by atoms with Crippen LogP contribution in [-0.2, 0) is 0 Å². The molecule has 0 bridgehead atoms. The topological polar surface area (TPSA) is 106 Å². The van der Waals surface area contributed by atoms with Gasteiger partial charge in [0, 0.05) is 37.9 Å². The predicted molar refractivity (Wildman–Crippen MR) is 132 cm³/mol. The fourth-order valence-electron chi connectivity index (χ4n) is 4.00. The number of anilines is 2. The Morgan fingerprint density at radius 2 is 1.82 bits per heavy atom. The third-order valence-corrected chi connectivity index (χ3v) is 6.29. The van der Waals surface area contributed by atoms with Gasteiger partial charge in [0.05, 0.1) is 4.47 Å². The summed E-state index contributed by atoms with van der Waals surface area (Å²) in [4.78, 5) is 27.5. The number of hydrogen-bond donors (Lipinski definition) is 2. The highest BCUT2D eigenvalue weighted by molar-refractivity contribution is 9.10. The van der Waals surface area contributed by atoms with E-state index in [1.807, 2.05) is 55.4 Å². The number of aromatic nitrogens is 3. The molecule has 0 atom stereocenters. The molecule has 4 rings (SSSR count). The van der Waals surface area contributed by atoms with Crippen molar-refractivity contribution in [2.75, 3.05) is 24.3 Å². The molecule has 8 nitrogen and oxygen atoms in total. The Balaban J connectivity index is 1.44. The van der Waals surface area contributed by atoms with Crippen LogP contribution >= 0.6 is 15.9 Å². The molecule has 1 fully saturated rings. The normalized spacial score (nSPS) is 17.9. The molecule has 3 N–H and O–H groups in total. The first-order valence-corrected chi connectivity index (χ1v) is 11.7. The van der Waals surface area contributed by atoms with E-state index in [1.165, 1.54) is 0 Å². The Bertz CT molecular complexity index is 1120. The van der Waals surface area contributed by atoms with Crippen molar-refractivity contribution in [1.29, 1.82) is 0 Å². The molecule has 33 heavy (non-hydrogen) atoms. The number of carbonyl (C=O) groups excluding carboxylic acids is 1. The third kappa shape index (κ3) is 5.60. The average Bonchev–Trinajstić information content (AvgIpc) is 2.81. The van der Waals surface area contributed by atoms with Crippen LogP contribution in [0.25, 0.3) is 0 Å². The van der Waals surface area contributed by atoms with Gasteiger partial charge in [0.2, 0.25) is 11.8 Å². The van der Waals surface area contributed by atoms with Crippen LogP contribution in [0.3, 0.4) is 0 Å². The Morgan fingerprint density at radius 3 is 2.48 bits per heavy atom. The molecule has 2 aromatic heterocycles. The molecule has 0 radical (unpaired) electrons. The summed E-state index contributed by atoms with van der Waals surface area (Å²) in [6, 6.07) is 13.2. The van der Waals surface area contributed by atoms with Gasteiger partial charge in [0.15, 0.2) is 0 Å². The summed E-state index contributed by atoms with van der Waals surface area (Å²) in [7, 11) is 3.91. The highest BCUT2D eigenvalue weighted by Gasteiger charge is 2.25. The molecule has 1 aromatic carbocycles. The van der Waals surface area contributed by atoms with E-state index in [0.29, 0.717) is 17.7 Å². The Hall–Kier alpha value is -3.20. The van der Waals surface area contributed by atoms with Gasteiger partial charge in [-0.3, -0.25) is 4.79 Å². The monoisotopic (exact) mass is 510 g/mol. The Labute approximate surface area is 201 Å². The largest absolute Gasteiger partial charge is 0.438 e. The lowest BCUT2D eigenvalue weighted by atomic mass is 9.84. The van der Waals surface area contributed by atoms with Crippen LogP contribution in [-0.4, -0.2) is 41.0 Å². The van der Waals surface area contributed by atoms with E-state index < -0.39 is 5.91 Å². The molecule has 0 aliphatic heterocycles. The summed E-state index contributed by atoms with van der Waals surface area (Å²) < 4.78 is 6.76. The number of halogens is 1. The summed E-state index contributed by atoms with van der Waals surface area (Å²) in [6.07, 6.45) is 5.63. The number of rotatable bonds is 7. The molecular weight excluding hydrogens is 484 g/mol. The highest BCUT2D eigenvalue weighted by atomic mass is 79.9. The fourth-order valence-corrected chi connectivity index (χ4v) is 4.55. The van der Waals surface area contributed by atoms with Gasteiger partial charge in [-0.1, -0.05) is 18.2 Å². The zero-order valence-electron chi connectivity index (χ0n) is 18.7. The van der Waals surface area contributed by atoms with Crippen molar-refractivity contribution in [1.82, 2.24) is 15.0 Å². The van der Waals surface area contributed by atoms with Crippen LogP contribution in [0.1, 0.15) is 47.7 Å². The SMILES string of the molecule is CN(C)c1nc(NC2CCC(c3ccc(C(N)=O)c(Oc4ccccc4)n3)CC2)ncc1Br. The van der Waals surface area contributed by atoms with Crippen molar-refractivity contribution in [3.63, 3.8) is 0 Å². The van der Waals surface area contributed by atoms with Crippen molar-refractivity contribution in [3.05, 3.63) is 64.4 Å². The lowest BCUT2D eigenvalue weighted by Gasteiger charge is -2.29. The van der Waals surface area contributed by atoms with Gasteiger partial charge >= 0.3 is 0 Å². The van der Waals surface area contributed by atoms with Gasteiger partial charge in [-0.15, -0.1) is 0 Å². The minimum Gasteiger partial charge on any atom is -0.438 e. The number of amides is 1. The smallest absolute Gasteiger partial charge is 0.254 e. The lowest BCUT2D eigenvalue weighted by Crippen LogP contribution is -2.27. The Morgan fingerprint density at radius 1 is 1.09 bits per heavy atom. The van der Waals surface area contributed by atoms with E-state index in [-0.39, 0.29) is 17.4 Å². The Kier molecular flexibility index (Phi) is 7.08. The first kappa shape index (κ1) is 23.0. The fraction of sp³-hybridized carbons (Fsp3) is 0.333. The summed E-state index contributed by atoms with van der Waals surface area (Å²) in [5, 5.41) is 3.47. The average molecular weight is 511 g/mol. The van der Waals surface area contributed by atoms with Crippen molar-refractivity contribution in [2.24, 2.45) is 5.73 Å². The standard InChI is InChI=1S/C24H27BrN6O2/c1-31(2)22-19(25)14-27-24(30-22)28-16-10-8-15(9-11-16)20-13-12-18(21(26)32)23(29-20)33-17-6-4-3-5-7-17/h3-7,12-16H,8-11H2,1-2H3,(H2,26,32)(H,27,28,30). The quantitative estimate of drug-likeness (QED) is 0.473. The van der Waals surface area contributed by atoms with Gasteiger partial charge in [-0.25, -0.2) is 9.97 Å². The van der Waals surface area contributed by atoms with Gasteiger partial charge in [0.25, 0.3) is 5.91 Å². The second-order valence-electron chi connectivity index (χ2n) is 8.32. The first-order valence-electron chi connectivity index (χ1n) is 10.9. The van der Waals surface area contributed by atoms with Gasteiger partial charge in [-0.05, 0) is 65.9 Å². The van der Waals surface area contributed by atoms with Gasteiger partial charge in [-0.2, -0.15) is 4.98 Å². The summed E-state index contributed by atoms with van der Waals surface area (Å²) in [6.45, 7) is 0. The highest BCUT2D eigenvalue weighted by Crippen LogP contribution is 2.35. The van der Waals surface area contributed by atoms with E-state index in [0.717, 1.165) is 41.7 Å².